The highest BCUT2D eigenvalue weighted by Crippen LogP contribution is 2.37. The van der Waals surface area contributed by atoms with Crippen LogP contribution in [-0.4, -0.2) is 31.8 Å². The topological polar surface area (TPSA) is 63.7 Å². The third kappa shape index (κ3) is 3.81. The summed E-state index contributed by atoms with van der Waals surface area (Å²) in [5, 5.41) is 0. The fourth-order valence-corrected chi connectivity index (χ4v) is 5.10. The molecule has 2 aromatic carbocycles. The number of carbonyl (C=O) groups is 1. The molecule has 1 aliphatic heterocycles. The summed E-state index contributed by atoms with van der Waals surface area (Å²) in [6, 6.07) is 17.7. The molecule has 3 rings (SSSR count). The summed E-state index contributed by atoms with van der Waals surface area (Å²) < 4.78 is 33.1. The summed E-state index contributed by atoms with van der Waals surface area (Å²) in [6.45, 7) is 2.19. The maximum absolute atomic E-state index is 13.3. The van der Waals surface area contributed by atoms with E-state index >= 15 is 0 Å². The minimum Gasteiger partial charge on any atom is -0.466 e. The van der Waals surface area contributed by atoms with Gasteiger partial charge < -0.3 is 4.74 Å². The first-order chi connectivity index (χ1) is 12.5. The lowest BCUT2D eigenvalue weighted by Gasteiger charge is -2.38. The first-order valence-corrected chi connectivity index (χ1v) is 10.3. The molecule has 0 spiro atoms. The Balaban J connectivity index is 1.97. The predicted molar refractivity (Wildman–Crippen MR) is 98.9 cm³/mol. The van der Waals surface area contributed by atoms with Gasteiger partial charge in [-0.2, -0.15) is 4.31 Å². The van der Waals surface area contributed by atoms with E-state index in [0.717, 1.165) is 5.56 Å². The Labute approximate surface area is 154 Å². The Morgan fingerprint density at radius 3 is 2.27 bits per heavy atom. The molecule has 0 aromatic heterocycles. The van der Waals surface area contributed by atoms with Crippen LogP contribution in [0.3, 0.4) is 0 Å². The highest BCUT2D eigenvalue weighted by atomic mass is 32.2. The van der Waals surface area contributed by atoms with Crippen molar-refractivity contribution in [2.75, 3.05) is 13.2 Å². The van der Waals surface area contributed by atoms with Gasteiger partial charge in [0, 0.05) is 6.54 Å². The maximum Gasteiger partial charge on any atom is 0.310 e. The van der Waals surface area contributed by atoms with Crippen molar-refractivity contribution in [2.24, 2.45) is 5.92 Å². The monoisotopic (exact) mass is 373 g/mol. The third-order valence-corrected chi connectivity index (χ3v) is 6.58. The van der Waals surface area contributed by atoms with Crippen molar-refractivity contribution in [3.63, 3.8) is 0 Å². The Morgan fingerprint density at radius 2 is 1.65 bits per heavy atom. The number of nitrogens with zero attached hydrogens (tertiary/aromatic N) is 1. The zero-order chi connectivity index (χ0) is 18.6. The minimum absolute atomic E-state index is 0.135. The number of carbonyl (C=O) groups excluding carboxylic acids is 1. The van der Waals surface area contributed by atoms with Crippen LogP contribution in [0.15, 0.2) is 65.6 Å². The molecule has 5 nitrogen and oxygen atoms in total. The lowest BCUT2D eigenvalue weighted by atomic mass is 9.91. The fraction of sp³-hybridized carbons (Fsp3) is 0.350. The molecule has 0 unspecified atom stereocenters. The van der Waals surface area contributed by atoms with Gasteiger partial charge in [0.05, 0.1) is 23.5 Å². The maximum atomic E-state index is 13.3. The molecule has 1 saturated heterocycles. The van der Waals surface area contributed by atoms with Gasteiger partial charge in [-0.3, -0.25) is 4.79 Å². The normalized spacial score (nSPS) is 21.3. The van der Waals surface area contributed by atoms with E-state index in [4.69, 9.17) is 4.74 Å². The van der Waals surface area contributed by atoms with Crippen LogP contribution in [0.5, 0.6) is 0 Å². The number of hydrogen-bond donors (Lipinski definition) is 0. The van der Waals surface area contributed by atoms with Crippen molar-refractivity contribution in [3.8, 4) is 0 Å². The van der Waals surface area contributed by atoms with Gasteiger partial charge in [0.15, 0.2) is 0 Å². The molecular weight excluding hydrogens is 350 g/mol. The van der Waals surface area contributed by atoms with Gasteiger partial charge in [0.25, 0.3) is 0 Å². The molecule has 2 aromatic rings. The predicted octanol–water partition coefficient (Wildman–Crippen LogP) is 3.39. The molecule has 6 heteroatoms. The van der Waals surface area contributed by atoms with Gasteiger partial charge in [-0.1, -0.05) is 48.5 Å². The lowest BCUT2D eigenvalue weighted by molar-refractivity contribution is -0.149. The van der Waals surface area contributed by atoms with Crippen LogP contribution in [0.4, 0.5) is 0 Å². The van der Waals surface area contributed by atoms with E-state index in [1.54, 1.807) is 37.3 Å². The van der Waals surface area contributed by atoms with Gasteiger partial charge >= 0.3 is 5.97 Å². The van der Waals surface area contributed by atoms with Crippen molar-refractivity contribution in [2.45, 2.75) is 30.7 Å². The van der Waals surface area contributed by atoms with Crippen LogP contribution < -0.4 is 0 Å². The summed E-state index contributed by atoms with van der Waals surface area (Å²) in [5.74, 6) is -0.763. The largest absolute Gasteiger partial charge is 0.466 e. The molecule has 0 bridgehead atoms. The summed E-state index contributed by atoms with van der Waals surface area (Å²) in [4.78, 5) is 12.4. The number of piperidine rings is 1. The second-order valence-electron chi connectivity index (χ2n) is 6.34. The number of esters is 1. The van der Waals surface area contributed by atoms with Crippen LogP contribution in [0.2, 0.25) is 0 Å². The highest BCUT2D eigenvalue weighted by Gasteiger charge is 2.40. The average Bonchev–Trinajstić information content (AvgIpc) is 2.69. The summed E-state index contributed by atoms with van der Waals surface area (Å²) in [7, 11) is -3.72. The van der Waals surface area contributed by atoms with Crippen LogP contribution in [0, 0.1) is 5.92 Å². The third-order valence-electron chi connectivity index (χ3n) is 4.69. The van der Waals surface area contributed by atoms with Crippen LogP contribution in [0.25, 0.3) is 0 Å². The molecule has 1 aliphatic rings. The van der Waals surface area contributed by atoms with Crippen LogP contribution >= 0.6 is 0 Å². The van der Waals surface area contributed by atoms with Crippen LogP contribution in [-0.2, 0) is 19.6 Å². The quantitative estimate of drug-likeness (QED) is 0.754. The molecular formula is C20H23NO4S. The van der Waals surface area contributed by atoms with Gasteiger partial charge in [-0.05, 0) is 37.5 Å². The fourth-order valence-electron chi connectivity index (χ4n) is 3.39. The van der Waals surface area contributed by atoms with E-state index in [0.29, 0.717) is 19.4 Å². The second-order valence-corrected chi connectivity index (χ2v) is 8.23. The van der Waals surface area contributed by atoms with Crippen LogP contribution in [0.1, 0.15) is 31.4 Å². The Morgan fingerprint density at radius 1 is 1.04 bits per heavy atom. The summed E-state index contributed by atoms with van der Waals surface area (Å²) >= 11 is 0. The zero-order valence-corrected chi connectivity index (χ0v) is 15.6. The first kappa shape index (κ1) is 18.6. The van der Waals surface area contributed by atoms with E-state index < -0.39 is 15.9 Å². The van der Waals surface area contributed by atoms with Gasteiger partial charge in [-0.25, -0.2) is 8.42 Å². The SMILES string of the molecule is CCOC(=O)[C@@H]1CC[C@H](c2ccccc2)N(S(=O)(=O)c2ccccc2)C1. The molecule has 26 heavy (non-hydrogen) atoms. The molecule has 0 amide bonds. The van der Waals surface area contributed by atoms with Gasteiger partial charge in [-0.15, -0.1) is 0 Å². The van der Waals surface area contributed by atoms with Gasteiger partial charge in [0.1, 0.15) is 0 Å². The van der Waals surface area contributed by atoms with Crippen molar-refractivity contribution in [1.29, 1.82) is 0 Å². The molecule has 0 saturated carbocycles. The number of ether oxygens (including phenoxy) is 1. The zero-order valence-electron chi connectivity index (χ0n) is 14.7. The smallest absolute Gasteiger partial charge is 0.310 e. The van der Waals surface area contributed by atoms with Crippen molar-refractivity contribution >= 4 is 16.0 Å². The molecule has 1 heterocycles. The second kappa shape index (κ2) is 8.01. The van der Waals surface area contributed by atoms with Crippen molar-refractivity contribution in [1.82, 2.24) is 4.31 Å². The van der Waals surface area contributed by atoms with E-state index in [1.807, 2.05) is 30.3 Å². The Hall–Kier alpha value is -2.18. The average molecular weight is 373 g/mol. The van der Waals surface area contributed by atoms with Crippen molar-refractivity contribution in [3.05, 3.63) is 66.2 Å². The summed E-state index contributed by atoms with van der Waals surface area (Å²) in [6.07, 6.45) is 1.19. The van der Waals surface area contributed by atoms with Gasteiger partial charge in [0.2, 0.25) is 10.0 Å². The number of benzene rings is 2. The molecule has 138 valence electrons. The number of hydrogen-bond acceptors (Lipinski definition) is 4. The van der Waals surface area contributed by atoms with E-state index in [1.165, 1.54) is 4.31 Å². The van der Waals surface area contributed by atoms with Crippen molar-refractivity contribution < 1.29 is 17.9 Å². The first-order valence-electron chi connectivity index (χ1n) is 8.82. The van der Waals surface area contributed by atoms with E-state index in [-0.39, 0.29) is 23.5 Å². The number of sulfonamides is 1. The molecule has 2 atom stereocenters. The lowest BCUT2D eigenvalue weighted by Crippen LogP contribution is -2.44. The Bertz CT molecular complexity index is 837. The molecule has 0 aliphatic carbocycles. The molecule has 1 fully saturated rings. The minimum atomic E-state index is -3.72. The highest BCUT2D eigenvalue weighted by molar-refractivity contribution is 7.89. The van der Waals surface area contributed by atoms with E-state index in [2.05, 4.69) is 0 Å². The number of rotatable bonds is 5. The Kier molecular flexibility index (Phi) is 5.74. The molecule has 0 radical (unpaired) electrons. The summed E-state index contributed by atoms with van der Waals surface area (Å²) in [5.41, 5.74) is 0.939. The standard InChI is InChI=1S/C20H23NO4S/c1-2-25-20(22)17-13-14-19(16-9-5-3-6-10-16)21(15-17)26(23,24)18-11-7-4-8-12-18/h3-12,17,19H,2,13-15H2,1H3/t17-,19-/m1/s1. The van der Waals surface area contributed by atoms with E-state index in [9.17, 15) is 13.2 Å². The molecule has 0 N–H and O–H groups in total.